The van der Waals surface area contributed by atoms with Crippen LogP contribution in [-0.2, 0) is 4.79 Å². The van der Waals surface area contributed by atoms with E-state index in [9.17, 15) is 9.18 Å². The Balaban J connectivity index is 1.45. The van der Waals surface area contributed by atoms with Gasteiger partial charge in [0.25, 0.3) is 0 Å². The molecule has 0 radical (unpaired) electrons. The highest BCUT2D eigenvalue weighted by molar-refractivity contribution is 8.00. The van der Waals surface area contributed by atoms with E-state index in [2.05, 4.69) is 10.2 Å². The van der Waals surface area contributed by atoms with Crippen LogP contribution >= 0.6 is 23.5 Å². The van der Waals surface area contributed by atoms with Crippen LogP contribution in [0.3, 0.4) is 0 Å². The number of rotatable bonds is 6. The zero-order valence-corrected chi connectivity index (χ0v) is 17.3. The lowest BCUT2D eigenvalue weighted by Crippen LogP contribution is -2.32. The molecular formula is C20H19FN4O2S2. The molecule has 9 heteroatoms. The number of benzene rings is 2. The highest BCUT2D eigenvalue weighted by Crippen LogP contribution is 2.39. The Morgan fingerprint density at radius 3 is 2.83 bits per heavy atom. The fourth-order valence-electron chi connectivity index (χ4n) is 3.11. The van der Waals surface area contributed by atoms with Gasteiger partial charge in [0, 0.05) is 23.5 Å². The first kappa shape index (κ1) is 19.8. The Hall–Kier alpha value is -2.52. The minimum atomic E-state index is -0.288. The summed E-state index contributed by atoms with van der Waals surface area (Å²) in [5.74, 6) is 1.43. The summed E-state index contributed by atoms with van der Waals surface area (Å²) < 4.78 is 21.2. The quantitative estimate of drug-likeness (QED) is 0.555. The molecule has 0 bridgehead atoms. The van der Waals surface area contributed by atoms with Crippen molar-refractivity contribution in [1.29, 1.82) is 0 Å². The third-order valence-corrected chi connectivity index (χ3v) is 6.74. The number of ether oxygens (including phenoxy) is 1. The highest BCUT2D eigenvalue weighted by Gasteiger charge is 2.32. The fourth-order valence-corrected chi connectivity index (χ4v) is 5.22. The number of aromatic nitrogens is 3. The van der Waals surface area contributed by atoms with Gasteiger partial charge in [-0.25, -0.2) is 4.39 Å². The van der Waals surface area contributed by atoms with Gasteiger partial charge in [-0.05, 0) is 30.3 Å². The summed E-state index contributed by atoms with van der Waals surface area (Å²) in [5.41, 5.74) is 1.43. The molecule has 0 spiro atoms. The van der Waals surface area contributed by atoms with Crippen molar-refractivity contribution in [2.75, 3.05) is 25.2 Å². The number of carbonyl (C=O) groups excluding carboxylic acids is 1. The molecule has 1 aliphatic rings. The van der Waals surface area contributed by atoms with Crippen LogP contribution in [0.5, 0.6) is 5.75 Å². The number of carbonyl (C=O) groups is 1. The van der Waals surface area contributed by atoms with Crippen LogP contribution in [0, 0.1) is 5.82 Å². The summed E-state index contributed by atoms with van der Waals surface area (Å²) in [6, 6.07) is 14.1. The van der Waals surface area contributed by atoms with E-state index in [1.807, 2.05) is 28.8 Å². The van der Waals surface area contributed by atoms with Crippen LogP contribution in [0.4, 0.5) is 4.39 Å². The van der Waals surface area contributed by atoms with Gasteiger partial charge in [-0.15, -0.1) is 22.0 Å². The second kappa shape index (κ2) is 8.87. The maximum atomic E-state index is 14.2. The minimum absolute atomic E-state index is 0.0440. The molecule has 0 aliphatic carbocycles. The van der Waals surface area contributed by atoms with Gasteiger partial charge in [0.2, 0.25) is 5.91 Å². The van der Waals surface area contributed by atoms with Crippen molar-refractivity contribution in [2.24, 2.45) is 0 Å². The molecule has 0 unspecified atom stereocenters. The number of hydrogen-bond acceptors (Lipinski definition) is 6. The van der Waals surface area contributed by atoms with Gasteiger partial charge >= 0.3 is 0 Å². The van der Waals surface area contributed by atoms with Crippen molar-refractivity contribution in [1.82, 2.24) is 19.7 Å². The van der Waals surface area contributed by atoms with Crippen molar-refractivity contribution in [2.45, 2.75) is 10.5 Å². The zero-order valence-electron chi connectivity index (χ0n) is 15.7. The molecule has 150 valence electrons. The molecule has 2 heterocycles. The summed E-state index contributed by atoms with van der Waals surface area (Å²) in [7, 11) is 1.62. The largest absolute Gasteiger partial charge is 0.497 e. The second-order valence-electron chi connectivity index (χ2n) is 6.30. The van der Waals surface area contributed by atoms with E-state index in [0.29, 0.717) is 17.3 Å². The van der Waals surface area contributed by atoms with Crippen LogP contribution in [0.1, 0.15) is 10.9 Å². The maximum absolute atomic E-state index is 14.2. The molecular weight excluding hydrogens is 411 g/mol. The number of hydrogen-bond donors (Lipinski definition) is 0. The van der Waals surface area contributed by atoms with E-state index in [-0.39, 0.29) is 22.9 Å². The van der Waals surface area contributed by atoms with Gasteiger partial charge in [-0.1, -0.05) is 30.0 Å². The molecule has 1 saturated heterocycles. The van der Waals surface area contributed by atoms with Gasteiger partial charge in [-0.3, -0.25) is 9.36 Å². The molecule has 0 saturated carbocycles. The fraction of sp³-hybridized carbons (Fsp3) is 0.250. The normalized spacial score (nSPS) is 16.2. The summed E-state index contributed by atoms with van der Waals surface area (Å²) >= 11 is 2.90. The monoisotopic (exact) mass is 430 g/mol. The summed E-state index contributed by atoms with van der Waals surface area (Å²) in [6.07, 6.45) is 1.61. The third-order valence-electron chi connectivity index (χ3n) is 4.57. The number of thioether (sulfide) groups is 2. The summed E-state index contributed by atoms with van der Waals surface area (Å²) in [4.78, 5) is 14.6. The summed E-state index contributed by atoms with van der Waals surface area (Å²) in [5, 5.41) is 8.44. The molecule has 0 N–H and O–H groups in total. The molecule has 1 fully saturated rings. The van der Waals surface area contributed by atoms with Crippen molar-refractivity contribution >= 4 is 29.4 Å². The lowest BCUT2D eigenvalue weighted by molar-refractivity contribution is -0.128. The average molecular weight is 431 g/mol. The second-order valence-corrected chi connectivity index (χ2v) is 8.43. The Labute approximate surface area is 176 Å². The predicted octanol–water partition coefficient (Wildman–Crippen LogP) is 3.78. The number of amides is 1. The van der Waals surface area contributed by atoms with Crippen LogP contribution in [-0.4, -0.2) is 50.7 Å². The maximum Gasteiger partial charge on any atom is 0.234 e. The predicted molar refractivity (Wildman–Crippen MR) is 112 cm³/mol. The minimum Gasteiger partial charge on any atom is -0.497 e. The zero-order chi connectivity index (χ0) is 20.2. The first-order valence-electron chi connectivity index (χ1n) is 9.00. The highest BCUT2D eigenvalue weighted by atomic mass is 32.2. The van der Waals surface area contributed by atoms with Gasteiger partial charge < -0.3 is 9.64 Å². The first-order chi connectivity index (χ1) is 14.2. The molecule has 4 rings (SSSR count). The molecule has 1 amide bonds. The Kier molecular flexibility index (Phi) is 6.05. The number of methoxy groups -OCH3 is 1. The van der Waals surface area contributed by atoms with E-state index in [1.165, 1.54) is 17.8 Å². The lowest BCUT2D eigenvalue weighted by Gasteiger charge is -2.24. The van der Waals surface area contributed by atoms with Crippen LogP contribution < -0.4 is 4.74 Å². The molecule has 1 aromatic heterocycles. The SMILES string of the molecule is COc1ccc(-n2cnnc2SCC(=O)N2CCS[C@H]2c2ccccc2F)cc1. The van der Waals surface area contributed by atoms with Crippen LogP contribution in [0.25, 0.3) is 5.69 Å². The van der Waals surface area contributed by atoms with E-state index < -0.39 is 0 Å². The Bertz CT molecular complexity index is 996. The van der Waals surface area contributed by atoms with Gasteiger partial charge in [0.1, 0.15) is 23.3 Å². The van der Waals surface area contributed by atoms with Crippen LogP contribution in [0.2, 0.25) is 0 Å². The molecule has 29 heavy (non-hydrogen) atoms. The van der Waals surface area contributed by atoms with Crippen molar-refractivity contribution < 1.29 is 13.9 Å². The van der Waals surface area contributed by atoms with Gasteiger partial charge in [0.05, 0.1) is 12.9 Å². The van der Waals surface area contributed by atoms with Crippen molar-refractivity contribution in [3.63, 3.8) is 0 Å². The Morgan fingerprint density at radius 2 is 2.07 bits per heavy atom. The lowest BCUT2D eigenvalue weighted by atomic mass is 10.2. The molecule has 6 nitrogen and oxygen atoms in total. The van der Waals surface area contributed by atoms with Crippen molar-refractivity contribution in [3.8, 4) is 11.4 Å². The van der Waals surface area contributed by atoms with Crippen molar-refractivity contribution in [3.05, 3.63) is 66.2 Å². The van der Waals surface area contributed by atoms with Crippen LogP contribution in [0.15, 0.2) is 60.0 Å². The third kappa shape index (κ3) is 4.25. The topological polar surface area (TPSA) is 60.2 Å². The Morgan fingerprint density at radius 1 is 1.28 bits per heavy atom. The van der Waals surface area contributed by atoms with E-state index >= 15 is 0 Å². The molecule has 1 atom stereocenters. The van der Waals surface area contributed by atoms with E-state index in [4.69, 9.17) is 4.74 Å². The molecule has 2 aromatic carbocycles. The first-order valence-corrected chi connectivity index (χ1v) is 11.0. The smallest absolute Gasteiger partial charge is 0.234 e. The average Bonchev–Trinajstić information content (AvgIpc) is 3.42. The summed E-state index contributed by atoms with van der Waals surface area (Å²) in [6.45, 7) is 0.605. The molecule has 1 aliphatic heterocycles. The van der Waals surface area contributed by atoms with Gasteiger partial charge in [0.15, 0.2) is 5.16 Å². The van der Waals surface area contributed by atoms with E-state index in [1.54, 1.807) is 48.3 Å². The number of halogens is 1. The van der Waals surface area contributed by atoms with E-state index in [0.717, 1.165) is 17.2 Å². The number of nitrogens with zero attached hydrogens (tertiary/aromatic N) is 4. The van der Waals surface area contributed by atoms with Gasteiger partial charge in [-0.2, -0.15) is 0 Å². The molecule has 3 aromatic rings. The standard InChI is InChI=1S/C20H19FN4O2S2/c1-27-15-8-6-14(7-9-15)25-13-22-23-20(25)29-12-18(26)24-10-11-28-19(24)16-4-2-3-5-17(16)21/h2-9,13,19H,10-12H2,1H3/t19-/m0/s1.